The molecule has 0 atom stereocenters. The molecule has 4 heterocycles. The number of halogens is 1. The topological polar surface area (TPSA) is 86.3 Å². The molecule has 0 aliphatic heterocycles. The van der Waals surface area contributed by atoms with Crippen LogP contribution < -0.4 is 5.32 Å². The molecule has 1 N–H and O–H groups in total. The van der Waals surface area contributed by atoms with E-state index < -0.39 is 0 Å². The van der Waals surface area contributed by atoms with Crippen LogP contribution in [0, 0.1) is 12.7 Å². The molecule has 0 saturated carbocycles. The van der Waals surface area contributed by atoms with Crippen molar-refractivity contribution in [3.8, 4) is 17.1 Å². The minimum atomic E-state index is -0.272. The monoisotopic (exact) mass is 428 g/mol. The van der Waals surface area contributed by atoms with E-state index >= 15 is 0 Å². The number of nitrogens with one attached hydrogen (secondary N) is 1. The first-order chi connectivity index (χ1) is 15.5. The van der Waals surface area contributed by atoms with Crippen molar-refractivity contribution in [3.63, 3.8) is 0 Å². The van der Waals surface area contributed by atoms with Crippen LogP contribution in [0.1, 0.15) is 18.2 Å². The smallest absolute Gasteiger partial charge is 0.159 e. The molecule has 5 aromatic rings. The fraction of sp³-hybridized carbons (Fsp3) is 0.174. The number of hydrogen-bond acceptors (Lipinski definition) is 6. The van der Waals surface area contributed by atoms with Crippen molar-refractivity contribution in [2.75, 3.05) is 5.32 Å². The number of aryl methyl sites for hydroxylation is 2. The van der Waals surface area contributed by atoms with Crippen molar-refractivity contribution < 1.29 is 4.39 Å². The summed E-state index contributed by atoms with van der Waals surface area (Å²) in [6, 6.07) is 10.1. The van der Waals surface area contributed by atoms with Gasteiger partial charge in [0.2, 0.25) is 0 Å². The van der Waals surface area contributed by atoms with Crippen LogP contribution in [-0.4, -0.2) is 34.5 Å². The molecule has 0 unspecified atom stereocenters. The van der Waals surface area contributed by atoms with E-state index in [4.69, 9.17) is 0 Å². The first-order valence-corrected chi connectivity index (χ1v) is 10.3. The zero-order valence-electron chi connectivity index (χ0n) is 17.9. The molecule has 0 aliphatic carbocycles. The molecule has 5 rings (SSSR count). The Morgan fingerprint density at radius 1 is 1.06 bits per heavy atom. The summed E-state index contributed by atoms with van der Waals surface area (Å²) in [6.07, 6.45) is 5.77. The molecule has 0 spiro atoms. The predicted octanol–water partition coefficient (Wildman–Crippen LogP) is 4.36. The van der Waals surface area contributed by atoms with Crippen LogP contribution in [0.3, 0.4) is 0 Å². The van der Waals surface area contributed by atoms with Gasteiger partial charge in [-0.25, -0.2) is 19.0 Å². The number of benzene rings is 1. The molecule has 4 aromatic heterocycles. The maximum Gasteiger partial charge on any atom is 0.159 e. The van der Waals surface area contributed by atoms with Crippen LogP contribution in [0.25, 0.3) is 28.0 Å². The molecular formula is C23H21FN8. The Morgan fingerprint density at radius 3 is 2.66 bits per heavy atom. The zero-order chi connectivity index (χ0) is 22.2. The zero-order valence-corrected chi connectivity index (χ0v) is 17.9. The Balaban J connectivity index is 1.53. The van der Waals surface area contributed by atoms with Gasteiger partial charge < -0.3 is 5.32 Å². The third-order valence-electron chi connectivity index (χ3n) is 5.40. The number of hydrogen-bond donors (Lipinski definition) is 1. The van der Waals surface area contributed by atoms with Crippen molar-refractivity contribution in [2.45, 2.75) is 20.3 Å². The number of rotatable bonds is 5. The molecule has 32 heavy (non-hydrogen) atoms. The highest BCUT2D eigenvalue weighted by Crippen LogP contribution is 2.31. The number of anilines is 2. The van der Waals surface area contributed by atoms with Gasteiger partial charge in [-0.3, -0.25) is 9.67 Å². The molecule has 0 aliphatic rings. The van der Waals surface area contributed by atoms with Crippen molar-refractivity contribution in [1.29, 1.82) is 0 Å². The third kappa shape index (κ3) is 3.37. The quantitative estimate of drug-likeness (QED) is 0.448. The molecule has 0 radical (unpaired) electrons. The SMILES string of the molecule is CCc1c(-c2ccc(F)cc2)nn(C)c1Nc1cc(-n2nc(C)c3ccncc32)ncn1. The second kappa shape index (κ2) is 7.84. The number of fused-ring (bicyclic) bond motifs is 1. The largest absolute Gasteiger partial charge is 0.325 e. The normalized spacial score (nSPS) is 11.2. The van der Waals surface area contributed by atoms with E-state index in [0.717, 1.165) is 45.7 Å². The lowest BCUT2D eigenvalue weighted by Crippen LogP contribution is -2.05. The fourth-order valence-electron chi connectivity index (χ4n) is 3.84. The number of nitrogens with zero attached hydrogens (tertiary/aromatic N) is 7. The van der Waals surface area contributed by atoms with Crippen LogP contribution in [0.2, 0.25) is 0 Å². The van der Waals surface area contributed by atoms with E-state index in [1.54, 1.807) is 33.9 Å². The Hall–Kier alpha value is -4.14. The minimum absolute atomic E-state index is 0.272. The van der Waals surface area contributed by atoms with E-state index in [1.165, 1.54) is 18.5 Å². The van der Waals surface area contributed by atoms with Gasteiger partial charge in [0, 0.05) is 35.8 Å². The summed E-state index contributed by atoms with van der Waals surface area (Å²) in [5.74, 6) is 1.79. The van der Waals surface area contributed by atoms with Gasteiger partial charge in [0.1, 0.15) is 23.8 Å². The molecule has 8 nitrogen and oxygen atoms in total. The maximum absolute atomic E-state index is 13.4. The van der Waals surface area contributed by atoms with Gasteiger partial charge in [-0.05, 0) is 43.7 Å². The lowest BCUT2D eigenvalue weighted by molar-refractivity contribution is 0.628. The summed E-state index contributed by atoms with van der Waals surface area (Å²) in [4.78, 5) is 13.0. The molecule has 0 bridgehead atoms. The van der Waals surface area contributed by atoms with Gasteiger partial charge in [0.25, 0.3) is 0 Å². The Labute approximate surface area is 183 Å². The molecule has 160 valence electrons. The van der Waals surface area contributed by atoms with Gasteiger partial charge in [-0.1, -0.05) is 6.92 Å². The average molecular weight is 428 g/mol. The standard InChI is InChI=1S/C23H21FN8/c1-4-17-22(15-5-7-16(24)8-6-15)30-31(3)23(17)28-20-11-21(27-13-26-20)32-19-12-25-10-9-18(19)14(2)29-32/h5-13H,4H2,1-3H3,(H,26,27,28). The van der Waals surface area contributed by atoms with E-state index in [2.05, 4.69) is 37.4 Å². The van der Waals surface area contributed by atoms with Gasteiger partial charge in [0.05, 0.1) is 23.1 Å². The molecule has 1 aromatic carbocycles. The van der Waals surface area contributed by atoms with Crippen LogP contribution in [0.15, 0.2) is 55.1 Å². The summed E-state index contributed by atoms with van der Waals surface area (Å²) in [5.41, 5.74) is 4.47. The van der Waals surface area contributed by atoms with Crippen molar-refractivity contribution in [1.82, 2.24) is 34.5 Å². The lowest BCUT2D eigenvalue weighted by atomic mass is 10.1. The summed E-state index contributed by atoms with van der Waals surface area (Å²) in [7, 11) is 1.87. The van der Waals surface area contributed by atoms with Gasteiger partial charge in [-0.2, -0.15) is 10.2 Å². The first kappa shape index (κ1) is 19.8. The van der Waals surface area contributed by atoms with Crippen molar-refractivity contribution >= 4 is 22.5 Å². The van der Waals surface area contributed by atoms with E-state index in [-0.39, 0.29) is 5.82 Å². The highest BCUT2D eigenvalue weighted by Gasteiger charge is 2.18. The third-order valence-corrected chi connectivity index (χ3v) is 5.40. The molecule has 0 amide bonds. The van der Waals surface area contributed by atoms with Crippen LogP contribution >= 0.6 is 0 Å². The Morgan fingerprint density at radius 2 is 1.88 bits per heavy atom. The summed E-state index contributed by atoms with van der Waals surface area (Å²) < 4.78 is 16.9. The van der Waals surface area contributed by atoms with Gasteiger partial charge in [-0.15, -0.1) is 0 Å². The van der Waals surface area contributed by atoms with Gasteiger partial charge >= 0.3 is 0 Å². The molecule has 0 saturated heterocycles. The maximum atomic E-state index is 13.4. The Kier molecular flexibility index (Phi) is 4.85. The van der Waals surface area contributed by atoms with Crippen LogP contribution in [-0.2, 0) is 13.5 Å². The fourth-order valence-corrected chi connectivity index (χ4v) is 3.84. The highest BCUT2D eigenvalue weighted by molar-refractivity contribution is 5.82. The minimum Gasteiger partial charge on any atom is -0.325 e. The molecule has 9 heteroatoms. The molecular weight excluding hydrogens is 407 g/mol. The van der Waals surface area contributed by atoms with E-state index in [0.29, 0.717) is 11.6 Å². The van der Waals surface area contributed by atoms with Crippen molar-refractivity contribution in [3.05, 3.63) is 72.2 Å². The second-order valence-corrected chi connectivity index (χ2v) is 7.44. The number of pyridine rings is 1. The van der Waals surface area contributed by atoms with E-state index in [1.807, 2.05) is 26.1 Å². The van der Waals surface area contributed by atoms with Crippen LogP contribution in [0.4, 0.5) is 16.0 Å². The summed E-state index contributed by atoms with van der Waals surface area (Å²) in [5, 5.41) is 13.7. The summed E-state index contributed by atoms with van der Waals surface area (Å²) in [6.45, 7) is 4.02. The average Bonchev–Trinajstić information content (AvgIpc) is 3.31. The number of aromatic nitrogens is 7. The summed E-state index contributed by atoms with van der Waals surface area (Å²) >= 11 is 0. The predicted molar refractivity (Wildman–Crippen MR) is 120 cm³/mol. The lowest BCUT2D eigenvalue weighted by Gasteiger charge is -2.10. The van der Waals surface area contributed by atoms with Crippen LogP contribution in [0.5, 0.6) is 0 Å². The van der Waals surface area contributed by atoms with E-state index in [9.17, 15) is 4.39 Å². The Bertz CT molecular complexity index is 1420. The second-order valence-electron chi connectivity index (χ2n) is 7.44. The highest BCUT2D eigenvalue weighted by atomic mass is 19.1. The molecule has 0 fully saturated rings. The van der Waals surface area contributed by atoms with Crippen molar-refractivity contribution in [2.24, 2.45) is 7.05 Å². The first-order valence-electron chi connectivity index (χ1n) is 10.3. The van der Waals surface area contributed by atoms with Gasteiger partial charge in [0.15, 0.2) is 5.82 Å².